The second-order valence-corrected chi connectivity index (χ2v) is 7.69. The molecule has 0 bridgehead atoms. The highest BCUT2D eigenvalue weighted by Crippen LogP contribution is 2.36. The minimum Gasteiger partial charge on any atom is -0.497 e. The van der Waals surface area contributed by atoms with Crippen LogP contribution in [0.25, 0.3) is 0 Å². The van der Waals surface area contributed by atoms with E-state index in [0.717, 1.165) is 29.7 Å². The molecule has 24 heavy (non-hydrogen) atoms. The number of nitrogens with zero attached hydrogens (tertiary/aromatic N) is 1. The average molecular weight is 348 g/mol. The van der Waals surface area contributed by atoms with Crippen LogP contribution in [-0.4, -0.2) is 32.2 Å². The standard InChI is InChI=1S/C17H20N2O4S/c1-23-14-6-7-16-13(10-14)4-2-8-17(16,20)12-19-24(21,22)15-5-3-9-18-11-15/h3,5-7,9-11,19-20H,2,4,8,12H2,1H3/t17-/m0/s1. The number of benzene rings is 1. The van der Waals surface area contributed by atoms with Gasteiger partial charge >= 0.3 is 0 Å². The van der Waals surface area contributed by atoms with Crippen LogP contribution in [0.1, 0.15) is 24.0 Å². The zero-order valence-corrected chi connectivity index (χ0v) is 14.2. The Morgan fingerprint density at radius 2 is 2.21 bits per heavy atom. The van der Waals surface area contributed by atoms with Crippen molar-refractivity contribution in [2.24, 2.45) is 0 Å². The molecule has 7 heteroatoms. The largest absolute Gasteiger partial charge is 0.497 e. The number of methoxy groups -OCH3 is 1. The van der Waals surface area contributed by atoms with Crippen molar-refractivity contribution in [2.45, 2.75) is 29.8 Å². The van der Waals surface area contributed by atoms with E-state index in [1.54, 1.807) is 19.2 Å². The van der Waals surface area contributed by atoms with E-state index in [4.69, 9.17) is 4.74 Å². The molecule has 0 radical (unpaired) electrons. The fraction of sp³-hybridized carbons (Fsp3) is 0.353. The summed E-state index contributed by atoms with van der Waals surface area (Å²) >= 11 is 0. The van der Waals surface area contributed by atoms with Crippen molar-refractivity contribution in [3.63, 3.8) is 0 Å². The fourth-order valence-corrected chi connectivity index (χ4v) is 4.10. The third kappa shape index (κ3) is 3.28. The van der Waals surface area contributed by atoms with Crippen molar-refractivity contribution in [1.29, 1.82) is 0 Å². The Morgan fingerprint density at radius 3 is 2.92 bits per heavy atom. The summed E-state index contributed by atoms with van der Waals surface area (Å²) in [6.07, 6.45) is 4.92. The Balaban J connectivity index is 1.83. The first-order valence-corrected chi connectivity index (χ1v) is 9.22. The molecule has 1 aromatic carbocycles. The van der Waals surface area contributed by atoms with Crippen LogP contribution in [0, 0.1) is 0 Å². The van der Waals surface area contributed by atoms with Crippen LogP contribution >= 0.6 is 0 Å². The SMILES string of the molecule is COc1ccc2c(c1)CCC[C@]2(O)CNS(=O)(=O)c1cccnc1. The maximum Gasteiger partial charge on any atom is 0.242 e. The summed E-state index contributed by atoms with van der Waals surface area (Å²) in [5.74, 6) is 0.731. The molecule has 1 aliphatic rings. The first-order chi connectivity index (χ1) is 11.4. The lowest BCUT2D eigenvalue weighted by Gasteiger charge is -2.34. The Kier molecular flexibility index (Phi) is 4.58. The van der Waals surface area contributed by atoms with Gasteiger partial charge in [-0.3, -0.25) is 4.98 Å². The lowest BCUT2D eigenvalue weighted by Crippen LogP contribution is -2.42. The number of hydrogen-bond acceptors (Lipinski definition) is 5. The Labute approximate surface area is 141 Å². The van der Waals surface area contributed by atoms with Crippen molar-refractivity contribution >= 4 is 10.0 Å². The molecule has 0 amide bonds. The van der Waals surface area contributed by atoms with E-state index in [2.05, 4.69) is 9.71 Å². The van der Waals surface area contributed by atoms with Crippen molar-refractivity contribution in [2.75, 3.05) is 13.7 Å². The second kappa shape index (κ2) is 6.51. The minimum atomic E-state index is -3.71. The molecule has 0 unspecified atom stereocenters. The van der Waals surface area contributed by atoms with Crippen LogP contribution in [0.2, 0.25) is 0 Å². The lowest BCUT2D eigenvalue weighted by atomic mass is 9.79. The van der Waals surface area contributed by atoms with Gasteiger partial charge in [0.05, 0.1) is 7.11 Å². The van der Waals surface area contributed by atoms with Gasteiger partial charge in [0.25, 0.3) is 0 Å². The third-order valence-corrected chi connectivity index (χ3v) is 5.74. The maximum atomic E-state index is 12.3. The molecule has 1 aromatic heterocycles. The van der Waals surface area contributed by atoms with Crippen molar-refractivity contribution in [3.8, 4) is 5.75 Å². The summed E-state index contributed by atoms with van der Waals surface area (Å²) in [5, 5.41) is 11.0. The van der Waals surface area contributed by atoms with Crippen LogP contribution in [0.3, 0.4) is 0 Å². The van der Waals surface area contributed by atoms with Gasteiger partial charge in [-0.15, -0.1) is 0 Å². The van der Waals surface area contributed by atoms with Gasteiger partial charge in [0.2, 0.25) is 10.0 Å². The van der Waals surface area contributed by atoms with Gasteiger partial charge in [0.1, 0.15) is 16.2 Å². The molecule has 0 spiro atoms. The van der Waals surface area contributed by atoms with E-state index in [-0.39, 0.29) is 11.4 Å². The van der Waals surface area contributed by atoms with Gasteiger partial charge in [0, 0.05) is 18.9 Å². The molecule has 0 saturated heterocycles. The van der Waals surface area contributed by atoms with Gasteiger partial charge in [-0.25, -0.2) is 13.1 Å². The first kappa shape index (κ1) is 16.9. The second-order valence-electron chi connectivity index (χ2n) is 5.92. The normalized spacial score (nSPS) is 20.4. The highest BCUT2D eigenvalue weighted by molar-refractivity contribution is 7.89. The smallest absolute Gasteiger partial charge is 0.242 e. The molecule has 128 valence electrons. The van der Waals surface area contributed by atoms with E-state index < -0.39 is 15.6 Å². The number of aryl methyl sites for hydroxylation is 1. The monoisotopic (exact) mass is 348 g/mol. The summed E-state index contributed by atoms with van der Waals surface area (Å²) in [7, 11) is -2.11. The predicted octanol–water partition coefficient (Wildman–Crippen LogP) is 1.59. The van der Waals surface area contributed by atoms with E-state index in [0.29, 0.717) is 6.42 Å². The number of hydrogen-bond donors (Lipinski definition) is 2. The number of nitrogens with one attached hydrogen (secondary N) is 1. The third-order valence-electron chi connectivity index (χ3n) is 4.35. The Morgan fingerprint density at radius 1 is 1.38 bits per heavy atom. The summed E-state index contributed by atoms with van der Waals surface area (Å²) in [6.45, 7) is -0.0798. The zero-order chi connectivity index (χ0) is 17.2. The summed E-state index contributed by atoms with van der Waals surface area (Å²) < 4.78 is 32.4. The predicted molar refractivity (Wildman–Crippen MR) is 89.3 cm³/mol. The molecule has 0 fully saturated rings. The van der Waals surface area contributed by atoms with Crippen LogP contribution in [0.4, 0.5) is 0 Å². The molecular formula is C17H20N2O4S. The number of aromatic nitrogens is 1. The quantitative estimate of drug-likeness (QED) is 0.857. The molecule has 2 aromatic rings. The maximum absolute atomic E-state index is 12.3. The van der Waals surface area contributed by atoms with Crippen molar-refractivity contribution in [1.82, 2.24) is 9.71 Å². The van der Waals surface area contributed by atoms with E-state index >= 15 is 0 Å². The van der Waals surface area contributed by atoms with Crippen LogP contribution in [0.15, 0.2) is 47.6 Å². The summed E-state index contributed by atoms with van der Waals surface area (Å²) in [5.41, 5.74) is 0.516. The van der Waals surface area contributed by atoms with Crippen LogP contribution in [-0.2, 0) is 22.0 Å². The van der Waals surface area contributed by atoms with E-state index in [9.17, 15) is 13.5 Å². The summed E-state index contributed by atoms with van der Waals surface area (Å²) in [6, 6.07) is 8.52. The first-order valence-electron chi connectivity index (χ1n) is 7.74. The summed E-state index contributed by atoms with van der Waals surface area (Å²) in [4.78, 5) is 3.91. The zero-order valence-electron chi connectivity index (χ0n) is 13.4. The molecule has 1 aliphatic carbocycles. The van der Waals surface area contributed by atoms with Gasteiger partial charge in [-0.1, -0.05) is 6.07 Å². The Bertz CT molecular complexity index is 824. The number of rotatable bonds is 5. The molecular weight excluding hydrogens is 328 g/mol. The van der Waals surface area contributed by atoms with Crippen LogP contribution in [0.5, 0.6) is 5.75 Å². The Hall–Kier alpha value is -1.96. The average Bonchev–Trinajstić information content (AvgIpc) is 2.61. The van der Waals surface area contributed by atoms with Crippen molar-refractivity contribution in [3.05, 3.63) is 53.9 Å². The molecule has 1 atom stereocenters. The molecule has 6 nitrogen and oxygen atoms in total. The van der Waals surface area contributed by atoms with E-state index in [1.165, 1.54) is 18.5 Å². The van der Waals surface area contributed by atoms with Gasteiger partial charge in [-0.2, -0.15) is 0 Å². The number of ether oxygens (including phenoxy) is 1. The number of fused-ring (bicyclic) bond motifs is 1. The number of pyridine rings is 1. The minimum absolute atomic E-state index is 0.0798. The highest BCUT2D eigenvalue weighted by Gasteiger charge is 2.35. The molecule has 1 heterocycles. The van der Waals surface area contributed by atoms with Crippen molar-refractivity contribution < 1.29 is 18.3 Å². The van der Waals surface area contributed by atoms with Crippen LogP contribution < -0.4 is 9.46 Å². The number of aliphatic hydroxyl groups is 1. The lowest BCUT2D eigenvalue weighted by molar-refractivity contribution is 0.0242. The van der Waals surface area contributed by atoms with E-state index in [1.807, 2.05) is 12.1 Å². The fourth-order valence-electron chi connectivity index (χ4n) is 3.05. The topological polar surface area (TPSA) is 88.5 Å². The van der Waals surface area contributed by atoms with Gasteiger partial charge in [0.15, 0.2) is 0 Å². The molecule has 0 aliphatic heterocycles. The number of sulfonamides is 1. The highest BCUT2D eigenvalue weighted by atomic mass is 32.2. The van der Waals surface area contributed by atoms with Gasteiger partial charge < -0.3 is 9.84 Å². The molecule has 2 N–H and O–H groups in total. The molecule has 0 saturated carbocycles. The van der Waals surface area contributed by atoms with Gasteiger partial charge in [-0.05, 0) is 54.7 Å². The molecule has 3 rings (SSSR count).